The van der Waals surface area contributed by atoms with Gasteiger partial charge in [0.1, 0.15) is 5.82 Å². The molecule has 0 bridgehead atoms. The second kappa shape index (κ2) is 6.57. The molecule has 0 spiro atoms. The molecule has 1 nitrogen and oxygen atoms in total. The molecule has 2 aromatic rings. The van der Waals surface area contributed by atoms with Crippen LogP contribution in [0.4, 0.5) is 4.39 Å². The topological polar surface area (TPSA) is 12.0 Å². The Morgan fingerprint density at radius 1 is 0.950 bits per heavy atom. The second-order valence-corrected chi connectivity index (χ2v) is 5.64. The number of nitrogens with one attached hydrogen (secondary N) is 1. The first-order chi connectivity index (χ1) is 9.49. The number of rotatable bonds is 4. The predicted molar refractivity (Wildman–Crippen MR) is 82.8 cm³/mol. The third kappa shape index (κ3) is 3.51. The van der Waals surface area contributed by atoms with Crippen molar-refractivity contribution in [2.45, 2.75) is 25.9 Å². The van der Waals surface area contributed by atoms with E-state index in [1.807, 2.05) is 26.0 Å². The molecule has 2 unspecified atom stereocenters. The third-order valence-electron chi connectivity index (χ3n) is 3.30. The molecule has 1 N–H and O–H groups in total. The Morgan fingerprint density at radius 2 is 1.60 bits per heavy atom. The summed E-state index contributed by atoms with van der Waals surface area (Å²) >= 11 is 12.1. The molecule has 2 atom stereocenters. The summed E-state index contributed by atoms with van der Waals surface area (Å²) in [5.74, 6) is -0.207. The van der Waals surface area contributed by atoms with E-state index >= 15 is 0 Å². The summed E-state index contributed by atoms with van der Waals surface area (Å²) in [6.07, 6.45) is 0. The lowest BCUT2D eigenvalue weighted by Gasteiger charge is -2.22. The highest BCUT2D eigenvalue weighted by molar-refractivity contribution is 6.35. The van der Waals surface area contributed by atoms with Crippen LogP contribution in [0.3, 0.4) is 0 Å². The molecule has 0 aliphatic heterocycles. The van der Waals surface area contributed by atoms with Crippen LogP contribution in [0.25, 0.3) is 0 Å². The molecule has 0 saturated heterocycles. The second-order valence-electron chi connectivity index (χ2n) is 4.80. The van der Waals surface area contributed by atoms with Crippen LogP contribution in [0.1, 0.15) is 37.1 Å². The number of hydrogen-bond acceptors (Lipinski definition) is 1. The molecule has 2 aromatic carbocycles. The monoisotopic (exact) mass is 311 g/mol. The third-order valence-corrected chi connectivity index (χ3v) is 3.86. The van der Waals surface area contributed by atoms with Crippen LogP contribution in [0.2, 0.25) is 10.0 Å². The highest BCUT2D eigenvalue weighted by atomic mass is 35.5. The van der Waals surface area contributed by atoms with Crippen LogP contribution in [-0.2, 0) is 0 Å². The quantitative estimate of drug-likeness (QED) is 0.781. The van der Waals surface area contributed by atoms with E-state index in [4.69, 9.17) is 23.2 Å². The molecule has 106 valence electrons. The van der Waals surface area contributed by atoms with E-state index in [2.05, 4.69) is 5.32 Å². The van der Waals surface area contributed by atoms with E-state index in [9.17, 15) is 4.39 Å². The highest BCUT2D eigenvalue weighted by Crippen LogP contribution is 2.28. The molecular weight excluding hydrogens is 296 g/mol. The Labute approximate surface area is 128 Å². The van der Waals surface area contributed by atoms with Gasteiger partial charge in [0.2, 0.25) is 0 Å². The Bertz CT molecular complexity index is 601. The van der Waals surface area contributed by atoms with E-state index < -0.39 is 0 Å². The summed E-state index contributed by atoms with van der Waals surface area (Å²) in [6.45, 7) is 3.92. The van der Waals surface area contributed by atoms with Crippen molar-refractivity contribution in [2.75, 3.05) is 0 Å². The van der Waals surface area contributed by atoms with E-state index in [0.717, 1.165) is 5.56 Å². The van der Waals surface area contributed by atoms with E-state index in [-0.39, 0.29) is 17.9 Å². The minimum Gasteiger partial charge on any atom is -0.303 e. The Balaban J connectivity index is 2.15. The van der Waals surface area contributed by atoms with Gasteiger partial charge in [0.25, 0.3) is 0 Å². The number of benzene rings is 2. The molecule has 2 rings (SSSR count). The molecule has 0 aliphatic rings. The molecule has 0 fully saturated rings. The van der Waals surface area contributed by atoms with E-state index in [1.165, 1.54) is 6.07 Å². The number of hydrogen-bond donors (Lipinski definition) is 1. The van der Waals surface area contributed by atoms with Gasteiger partial charge in [-0.05, 0) is 37.6 Å². The maximum Gasteiger partial charge on any atom is 0.127 e. The van der Waals surface area contributed by atoms with Gasteiger partial charge in [0.15, 0.2) is 0 Å². The van der Waals surface area contributed by atoms with Crippen molar-refractivity contribution in [2.24, 2.45) is 0 Å². The summed E-state index contributed by atoms with van der Waals surface area (Å²) in [7, 11) is 0. The standard InChI is InChI=1S/C16H16Cl2FN/c1-10(13-8-7-12(17)9-15(13)18)20-11(2)14-5-3-4-6-16(14)19/h3-11,20H,1-2H3. The van der Waals surface area contributed by atoms with Crippen molar-refractivity contribution in [1.29, 1.82) is 0 Å². The lowest BCUT2D eigenvalue weighted by atomic mass is 10.0. The van der Waals surface area contributed by atoms with Crippen molar-refractivity contribution in [1.82, 2.24) is 5.32 Å². The molecule has 20 heavy (non-hydrogen) atoms. The minimum atomic E-state index is -0.207. The van der Waals surface area contributed by atoms with Gasteiger partial charge in [-0.3, -0.25) is 0 Å². The van der Waals surface area contributed by atoms with Crippen molar-refractivity contribution in [3.05, 3.63) is 69.5 Å². The minimum absolute atomic E-state index is 0.00521. The van der Waals surface area contributed by atoms with Crippen molar-refractivity contribution < 1.29 is 4.39 Å². The van der Waals surface area contributed by atoms with Crippen LogP contribution in [-0.4, -0.2) is 0 Å². The largest absolute Gasteiger partial charge is 0.303 e. The molecule has 0 saturated carbocycles. The van der Waals surface area contributed by atoms with Gasteiger partial charge < -0.3 is 5.32 Å². The molecule has 0 amide bonds. The first-order valence-electron chi connectivity index (χ1n) is 6.44. The van der Waals surface area contributed by atoms with Crippen molar-refractivity contribution in [3.8, 4) is 0 Å². The smallest absolute Gasteiger partial charge is 0.127 e. The fourth-order valence-corrected chi connectivity index (χ4v) is 2.81. The average Bonchev–Trinajstić information content (AvgIpc) is 2.38. The lowest BCUT2D eigenvalue weighted by molar-refractivity contribution is 0.474. The summed E-state index contributed by atoms with van der Waals surface area (Å²) < 4.78 is 13.7. The zero-order valence-corrected chi connectivity index (χ0v) is 12.8. The Hall–Kier alpha value is -1.09. The summed E-state index contributed by atoms with van der Waals surface area (Å²) in [5.41, 5.74) is 1.59. The van der Waals surface area contributed by atoms with E-state index in [1.54, 1.807) is 24.3 Å². The molecule has 0 heterocycles. The van der Waals surface area contributed by atoms with Gasteiger partial charge in [0, 0.05) is 27.7 Å². The highest BCUT2D eigenvalue weighted by Gasteiger charge is 2.15. The van der Waals surface area contributed by atoms with Gasteiger partial charge >= 0.3 is 0 Å². The van der Waals surface area contributed by atoms with Crippen LogP contribution in [0.15, 0.2) is 42.5 Å². The maximum absolute atomic E-state index is 13.7. The SMILES string of the molecule is CC(NC(C)c1ccc(Cl)cc1Cl)c1ccccc1F. The maximum atomic E-state index is 13.7. The fourth-order valence-electron chi connectivity index (χ4n) is 2.23. The summed E-state index contributed by atoms with van der Waals surface area (Å²) in [6, 6.07) is 12.0. The van der Waals surface area contributed by atoms with Gasteiger partial charge in [0.05, 0.1) is 0 Å². The molecular formula is C16H16Cl2FN. The Morgan fingerprint density at radius 3 is 2.25 bits per heavy atom. The zero-order valence-electron chi connectivity index (χ0n) is 11.3. The number of halogens is 3. The average molecular weight is 312 g/mol. The van der Waals surface area contributed by atoms with Gasteiger partial charge in [-0.25, -0.2) is 4.39 Å². The zero-order chi connectivity index (χ0) is 14.7. The first-order valence-corrected chi connectivity index (χ1v) is 7.20. The molecule has 0 radical (unpaired) electrons. The molecule has 4 heteroatoms. The van der Waals surface area contributed by atoms with Crippen molar-refractivity contribution >= 4 is 23.2 Å². The van der Waals surface area contributed by atoms with Crippen LogP contribution >= 0.6 is 23.2 Å². The predicted octanol–water partition coefficient (Wildman–Crippen LogP) is 5.54. The van der Waals surface area contributed by atoms with Gasteiger partial charge in [-0.15, -0.1) is 0 Å². The fraction of sp³-hybridized carbons (Fsp3) is 0.250. The van der Waals surface area contributed by atoms with Crippen LogP contribution in [0, 0.1) is 5.82 Å². The lowest BCUT2D eigenvalue weighted by Crippen LogP contribution is -2.23. The van der Waals surface area contributed by atoms with Gasteiger partial charge in [-0.2, -0.15) is 0 Å². The molecule has 0 aromatic heterocycles. The first kappa shape index (κ1) is 15.3. The molecule has 0 aliphatic carbocycles. The summed E-state index contributed by atoms with van der Waals surface area (Å²) in [5, 5.41) is 4.56. The van der Waals surface area contributed by atoms with E-state index in [0.29, 0.717) is 15.6 Å². The van der Waals surface area contributed by atoms with Gasteiger partial charge in [-0.1, -0.05) is 47.5 Å². The van der Waals surface area contributed by atoms with Crippen LogP contribution < -0.4 is 5.32 Å². The van der Waals surface area contributed by atoms with Crippen molar-refractivity contribution in [3.63, 3.8) is 0 Å². The van der Waals surface area contributed by atoms with Crippen LogP contribution in [0.5, 0.6) is 0 Å². The normalized spacial score (nSPS) is 14.1. The summed E-state index contributed by atoms with van der Waals surface area (Å²) in [4.78, 5) is 0. The Kier molecular flexibility index (Phi) is 5.03.